The van der Waals surface area contributed by atoms with Crippen molar-refractivity contribution in [2.75, 3.05) is 4.90 Å². The van der Waals surface area contributed by atoms with E-state index in [0.29, 0.717) is 0 Å². The van der Waals surface area contributed by atoms with Crippen LogP contribution >= 0.6 is 0 Å². The predicted octanol–water partition coefficient (Wildman–Crippen LogP) is 17.8. The van der Waals surface area contributed by atoms with Gasteiger partial charge in [0.25, 0.3) is 0 Å². The van der Waals surface area contributed by atoms with Gasteiger partial charge in [0.15, 0.2) is 0 Å². The Kier molecular flexibility index (Phi) is 8.28. The first-order valence-corrected chi connectivity index (χ1v) is 24.2. The third-order valence-electron chi connectivity index (χ3n) is 15.2. The van der Waals surface area contributed by atoms with Gasteiger partial charge < -0.3 is 13.9 Å². The van der Waals surface area contributed by atoms with Gasteiger partial charge >= 0.3 is 0 Å². The first kappa shape index (κ1) is 38.9. The Morgan fingerprint density at radius 2 is 0.857 bits per heavy atom. The van der Waals surface area contributed by atoms with Crippen LogP contribution in [0.25, 0.3) is 93.9 Å². The number of furan rings is 1. The molecule has 0 radical (unpaired) electrons. The fraction of sp³-hybridized carbons (Fsp3) is 0.0149. The van der Waals surface area contributed by atoms with Crippen LogP contribution in [0.15, 0.2) is 259 Å². The molecule has 0 amide bonds. The summed E-state index contributed by atoms with van der Waals surface area (Å²) in [6, 6.07) is 93.5. The molecule has 0 bridgehead atoms. The van der Waals surface area contributed by atoms with Gasteiger partial charge in [-0.3, -0.25) is 0 Å². The maximum atomic E-state index is 6.55. The van der Waals surface area contributed by atoms with Gasteiger partial charge in [0.05, 0.1) is 27.5 Å². The maximum absolute atomic E-state index is 6.55. The summed E-state index contributed by atoms with van der Waals surface area (Å²) in [5.41, 5.74) is 23.2. The van der Waals surface area contributed by atoms with Crippen LogP contribution < -0.4 is 4.90 Å². The molecular formula is C67H42N2O. The van der Waals surface area contributed by atoms with Gasteiger partial charge in [-0.05, 0) is 140 Å². The van der Waals surface area contributed by atoms with Crippen LogP contribution in [0.5, 0.6) is 0 Å². The molecule has 2 heterocycles. The highest BCUT2D eigenvalue weighted by atomic mass is 16.3. The Labute approximate surface area is 405 Å². The van der Waals surface area contributed by atoms with Crippen LogP contribution in [0.4, 0.5) is 17.1 Å². The fourth-order valence-electron chi connectivity index (χ4n) is 12.3. The van der Waals surface area contributed by atoms with E-state index in [4.69, 9.17) is 4.42 Å². The largest absolute Gasteiger partial charge is 0.456 e. The third-order valence-corrected chi connectivity index (χ3v) is 15.2. The van der Waals surface area contributed by atoms with E-state index in [9.17, 15) is 0 Å². The van der Waals surface area contributed by atoms with Crippen molar-refractivity contribution in [3.05, 3.63) is 277 Å². The first-order chi connectivity index (χ1) is 34.7. The topological polar surface area (TPSA) is 21.3 Å². The second-order valence-electron chi connectivity index (χ2n) is 18.7. The number of fused-ring (bicyclic) bond motifs is 16. The van der Waals surface area contributed by atoms with Crippen LogP contribution in [-0.2, 0) is 5.41 Å². The van der Waals surface area contributed by atoms with Gasteiger partial charge in [-0.2, -0.15) is 0 Å². The highest BCUT2D eigenvalue weighted by Crippen LogP contribution is 2.63. The number of rotatable bonds is 6. The monoisotopic (exact) mass is 890 g/mol. The third kappa shape index (κ3) is 5.46. The molecule has 15 rings (SSSR count). The standard InChI is InChI=1S/C67H42N2O/c1-2-15-43(16-3-1)44-29-36-48(37-30-44)69-61-25-12-7-20-54(61)56-41-46(33-40-62(56)69)45-31-34-47(35-32-45)68(63-26-14-28-65-66(63)55-21-8-13-27-64(55)70-65)49-38-39-53-52-19-6-11-24-59(52)67(60(53)42-49)57-22-9-4-17-50(57)51-18-5-10-23-58(51)67/h1-42H. The quantitative estimate of drug-likeness (QED) is 0.166. The van der Waals surface area contributed by atoms with Gasteiger partial charge in [0.2, 0.25) is 0 Å². The lowest BCUT2D eigenvalue weighted by Gasteiger charge is -2.32. The minimum Gasteiger partial charge on any atom is -0.456 e. The second-order valence-corrected chi connectivity index (χ2v) is 18.7. The molecule has 2 aromatic heterocycles. The molecule has 70 heavy (non-hydrogen) atoms. The molecule has 11 aromatic carbocycles. The molecule has 13 aromatic rings. The molecule has 3 heteroatoms. The lowest BCUT2D eigenvalue weighted by Crippen LogP contribution is -2.26. The van der Waals surface area contributed by atoms with Crippen LogP contribution in [0.2, 0.25) is 0 Å². The average molecular weight is 891 g/mol. The Morgan fingerprint density at radius 1 is 0.329 bits per heavy atom. The molecule has 0 saturated carbocycles. The SMILES string of the molecule is c1ccc(-c2ccc(-n3c4ccccc4c4cc(-c5ccc(N(c6ccc7c(c6)C6(c8ccccc8-c8ccccc86)c6ccccc6-7)c6cccc7oc8ccccc8c67)cc5)ccc43)cc2)cc1. The molecule has 0 fully saturated rings. The summed E-state index contributed by atoms with van der Waals surface area (Å²) in [6.07, 6.45) is 0. The minimum atomic E-state index is -0.466. The number of anilines is 3. The first-order valence-electron chi connectivity index (χ1n) is 24.2. The van der Waals surface area contributed by atoms with E-state index in [0.717, 1.165) is 50.3 Å². The van der Waals surface area contributed by atoms with E-state index in [1.165, 1.54) is 83.0 Å². The van der Waals surface area contributed by atoms with Gasteiger partial charge in [-0.25, -0.2) is 0 Å². The smallest absolute Gasteiger partial charge is 0.137 e. The van der Waals surface area contributed by atoms with Gasteiger partial charge in [-0.1, -0.05) is 182 Å². The highest BCUT2D eigenvalue weighted by Gasteiger charge is 2.51. The van der Waals surface area contributed by atoms with Crippen molar-refractivity contribution in [3.8, 4) is 50.2 Å². The second kappa shape index (κ2) is 14.9. The predicted molar refractivity (Wildman–Crippen MR) is 290 cm³/mol. The Balaban J connectivity index is 0.892. The number of hydrogen-bond donors (Lipinski definition) is 0. The minimum absolute atomic E-state index is 0.466. The molecule has 1 spiro atoms. The summed E-state index contributed by atoms with van der Waals surface area (Å²) in [5, 5.41) is 4.65. The number of nitrogens with zero attached hydrogens (tertiary/aromatic N) is 2. The zero-order chi connectivity index (χ0) is 45.9. The maximum Gasteiger partial charge on any atom is 0.137 e. The molecule has 2 aliphatic carbocycles. The summed E-state index contributed by atoms with van der Waals surface area (Å²) in [4.78, 5) is 2.44. The van der Waals surface area contributed by atoms with E-state index in [-0.39, 0.29) is 0 Å². The summed E-state index contributed by atoms with van der Waals surface area (Å²) >= 11 is 0. The van der Waals surface area contributed by atoms with Gasteiger partial charge in [-0.15, -0.1) is 0 Å². The van der Waals surface area contributed by atoms with Crippen molar-refractivity contribution in [2.24, 2.45) is 0 Å². The van der Waals surface area contributed by atoms with Crippen LogP contribution in [0.3, 0.4) is 0 Å². The molecule has 0 unspecified atom stereocenters. The highest BCUT2D eigenvalue weighted by molar-refractivity contribution is 6.14. The van der Waals surface area contributed by atoms with E-state index >= 15 is 0 Å². The van der Waals surface area contributed by atoms with Crippen molar-refractivity contribution in [3.63, 3.8) is 0 Å². The normalized spacial score (nSPS) is 13.0. The molecule has 0 N–H and O–H groups in total. The fourth-order valence-corrected chi connectivity index (χ4v) is 12.3. The van der Waals surface area contributed by atoms with Crippen molar-refractivity contribution in [1.29, 1.82) is 0 Å². The average Bonchev–Trinajstić information content (AvgIpc) is 4.15. The van der Waals surface area contributed by atoms with E-state index in [1.807, 2.05) is 6.07 Å². The summed E-state index contributed by atoms with van der Waals surface area (Å²) in [5.74, 6) is 0. The van der Waals surface area contributed by atoms with E-state index in [2.05, 4.69) is 258 Å². The molecule has 2 aliphatic rings. The van der Waals surface area contributed by atoms with Crippen molar-refractivity contribution < 1.29 is 4.42 Å². The van der Waals surface area contributed by atoms with Gasteiger partial charge in [0.1, 0.15) is 11.2 Å². The summed E-state index contributed by atoms with van der Waals surface area (Å²) in [6.45, 7) is 0. The Morgan fingerprint density at radius 3 is 1.59 bits per heavy atom. The Hall–Kier alpha value is -9.18. The van der Waals surface area contributed by atoms with Crippen molar-refractivity contribution in [1.82, 2.24) is 4.57 Å². The summed E-state index contributed by atoms with van der Waals surface area (Å²) in [7, 11) is 0. The zero-order valence-corrected chi connectivity index (χ0v) is 38.1. The van der Waals surface area contributed by atoms with Crippen LogP contribution in [-0.4, -0.2) is 4.57 Å². The van der Waals surface area contributed by atoms with E-state index in [1.54, 1.807) is 0 Å². The molecule has 0 atom stereocenters. The molecule has 0 aliphatic heterocycles. The molecule has 0 saturated heterocycles. The number of benzene rings is 11. The zero-order valence-electron chi connectivity index (χ0n) is 38.1. The number of hydrogen-bond acceptors (Lipinski definition) is 2. The molecule has 326 valence electrons. The van der Waals surface area contributed by atoms with E-state index < -0.39 is 5.41 Å². The Bertz CT molecular complexity index is 4170. The lowest BCUT2D eigenvalue weighted by molar-refractivity contribution is 0.669. The molecule has 3 nitrogen and oxygen atoms in total. The summed E-state index contributed by atoms with van der Waals surface area (Å²) < 4.78 is 8.95. The van der Waals surface area contributed by atoms with Gasteiger partial charge in [0, 0.05) is 33.2 Å². The van der Waals surface area contributed by atoms with Crippen LogP contribution in [0.1, 0.15) is 22.3 Å². The van der Waals surface area contributed by atoms with Crippen LogP contribution in [0, 0.1) is 0 Å². The molecular weight excluding hydrogens is 849 g/mol. The van der Waals surface area contributed by atoms with Crippen molar-refractivity contribution in [2.45, 2.75) is 5.41 Å². The number of para-hydroxylation sites is 2. The van der Waals surface area contributed by atoms with Crippen molar-refractivity contribution >= 4 is 60.8 Å². The number of aromatic nitrogens is 1. The lowest BCUT2D eigenvalue weighted by atomic mass is 9.70.